The Morgan fingerprint density at radius 2 is 2.18 bits per heavy atom. The number of hydrogen-bond donors (Lipinski definition) is 2. The van der Waals surface area contributed by atoms with Gasteiger partial charge in [-0.15, -0.1) is 4.99 Å². The lowest BCUT2D eigenvalue weighted by molar-refractivity contribution is -0.140. The lowest BCUT2D eigenvalue weighted by atomic mass is 10.2. The van der Waals surface area contributed by atoms with Crippen molar-refractivity contribution in [3.63, 3.8) is 0 Å². The second-order valence-electron chi connectivity index (χ2n) is 1.75. The van der Waals surface area contributed by atoms with Gasteiger partial charge in [0.1, 0.15) is 6.04 Å². The maximum atomic E-state index is 10.4. The first kappa shape index (κ1) is 9.48. The Morgan fingerprint density at radius 1 is 1.64 bits per heavy atom. The Balaban J connectivity index is 3.94. The van der Waals surface area contributed by atoms with Gasteiger partial charge in [-0.25, -0.2) is 4.79 Å². The van der Waals surface area contributed by atoms with Gasteiger partial charge in [0, 0.05) is 0 Å². The zero-order chi connectivity index (χ0) is 8.85. The normalized spacial score (nSPS) is 11.4. The smallest absolute Gasteiger partial charge is 0.321 e. The Hall–Kier alpha value is -1.52. The molecule has 11 heavy (non-hydrogen) atoms. The van der Waals surface area contributed by atoms with Crippen molar-refractivity contribution in [1.29, 1.82) is 0 Å². The highest BCUT2D eigenvalue weighted by atomic mass is 16.4. The molecule has 6 nitrogen and oxygen atoms in total. The van der Waals surface area contributed by atoms with E-state index >= 15 is 0 Å². The average Bonchev–Trinajstić information content (AvgIpc) is 1.87. The molecule has 1 atom stereocenters. The molecule has 0 aliphatic heterocycles. The molecule has 0 spiro atoms. The van der Waals surface area contributed by atoms with Gasteiger partial charge < -0.3 is 10.8 Å². The van der Waals surface area contributed by atoms with Crippen LogP contribution in [0.4, 0.5) is 0 Å². The maximum Gasteiger partial charge on any atom is 0.321 e. The molecule has 0 aromatic carbocycles. The van der Waals surface area contributed by atoms with Gasteiger partial charge >= 0.3 is 5.97 Å². The van der Waals surface area contributed by atoms with E-state index in [1.165, 1.54) is 0 Å². The van der Waals surface area contributed by atoms with E-state index in [1.807, 2.05) is 0 Å². The molecule has 0 saturated heterocycles. The van der Waals surface area contributed by atoms with Gasteiger partial charge in [0.2, 0.25) is 6.08 Å². The minimum Gasteiger partial charge on any atom is -0.480 e. The maximum absolute atomic E-state index is 10.4. The Bertz CT molecular complexity index is 219. The molecule has 0 radical (unpaired) electrons. The molecular weight excluding hydrogens is 152 g/mol. The quantitative estimate of drug-likeness (QED) is 0.389. The summed E-state index contributed by atoms with van der Waals surface area (Å²) >= 11 is 0. The van der Waals surface area contributed by atoms with E-state index in [0.717, 1.165) is 6.08 Å². The number of aliphatic carboxylic acids is 1. The van der Waals surface area contributed by atoms with Crippen LogP contribution in [0.5, 0.6) is 0 Å². The predicted octanol–water partition coefficient (Wildman–Crippen LogP) is -1.35. The van der Waals surface area contributed by atoms with Crippen molar-refractivity contribution in [3.8, 4) is 0 Å². The van der Waals surface area contributed by atoms with Crippen LogP contribution >= 0.6 is 0 Å². The summed E-state index contributed by atoms with van der Waals surface area (Å²) in [6.07, 6.45) is 0.507. The zero-order valence-electron chi connectivity index (χ0n) is 5.48. The molecular formula is C5H6N2O4. The number of rotatable bonds is 3. The fraction of sp³-hybridized carbons (Fsp3) is 0.400. The Morgan fingerprint density at radius 3 is 2.55 bits per heavy atom. The summed E-state index contributed by atoms with van der Waals surface area (Å²) in [5.41, 5.74) is 4.94. The molecule has 6 heteroatoms. The highest BCUT2D eigenvalue weighted by Crippen LogP contribution is 1.90. The van der Waals surface area contributed by atoms with E-state index < -0.39 is 24.3 Å². The van der Waals surface area contributed by atoms with Gasteiger partial charge in [0.15, 0.2) is 0 Å². The van der Waals surface area contributed by atoms with Crippen LogP contribution in [-0.2, 0) is 14.4 Å². The molecule has 0 aliphatic rings. The van der Waals surface area contributed by atoms with Crippen molar-refractivity contribution >= 4 is 18.0 Å². The van der Waals surface area contributed by atoms with Crippen molar-refractivity contribution in [1.82, 2.24) is 0 Å². The number of amides is 1. The number of carbonyl (C=O) groups is 2. The number of hydrogen-bond acceptors (Lipinski definition) is 4. The first-order valence-corrected chi connectivity index (χ1v) is 2.67. The largest absolute Gasteiger partial charge is 0.480 e. The molecule has 0 aromatic rings. The van der Waals surface area contributed by atoms with Gasteiger partial charge in [-0.2, -0.15) is 0 Å². The SMILES string of the molecule is NC(CC(=O)N=C=O)C(=O)O. The van der Waals surface area contributed by atoms with Gasteiger partial charge in [-0.1, -0.05) is 0 Å². The van der Waals surface area contributed by atoms with E-state index in [2.05, 4.69) is 4.99 Å². The van der Waals surface area contributed by atoms with Gasteiger partial charge in [-0.05, 0) is 0 Å². The topological polar surface area (TPSA) is 110 Å². The first-order valence-electron chi connectivity index (χ1n) is 2.67. The number of nitrogens with zero attached hydrogens (tertiary/aromatic N) is 1. The molecule has 0 heterocycles. The third-order valence-corrected chi connectivity index (χ3v) is 0.882. The summed E-state index contributed by atoms with van der Waals surface area (Å²) in [7, 11) is 0. The van der Waals surface area contributed by atoms with Crippen LogP contribution in [0.1, 0.15) is 6.42 Å². The second kappa shape index (κ2) is 4.32. The molecule has 3 N–H and O–H groups in total. The summed E-state index contributed by atoms with van der Waals surface area (Å²) in [6.45, 7) is 0. The van der Waals surface area contributed by atoms with Crippen LogP contribution < -0.4 is 5.73 Å². The molecule has 1 amide bonds. The summed E-state index contributed by atoms with van der Waals surface area (Å²) < 4.78 is 0. The van der Waals surface area contributed by atoms with E-state index in [0.29, 0.717) is 0 Å². The highest BCUT2D eigenvalue weighted by molar-refractivity contribution is 5.87. The third-order valence-electron chi connectivity index (χ3n) is 0.882. The molecule has 0 fully saturated rings. The molecule has 0 aromatic heterocycles. The van der Waals surface area contributed by atoms with E-state index in [1.54, 1.807) is 0 Å². The van der Waals surface area contributed by atoms with Crippen LogP contribution in [0.2, 0.25) is 0 Å². The van der Waals surface area contributed by atoms with Crippen LogP contribution in [0, 0.1) is 0 Å². The highest BCUT2D eigenvalue weighted by Gasteiger charge is 2.15. The Labute approximate surface area is 61.7 Å². The van der Waals surface area contributed by atoms with Crippen LogP contribution in [0.3, 0.4) is 0 Å². The van der Waals surface area contributed by atoms with E-state index in [9.17, 15) is 14.4 Å². The molecule has 1 unspecified atom stereocenters. The number of isocyanates is 1. The lowest BCUT2D eigenvalue weighted by Crippen LogP contribution is -2.32. The third kappa shape index (κ3) is 3.96. The average molecular weight is 158 g/mol. The standard InChI is InChI=1S/C5H6N2O4/c6-3(5(10)11)1-4(9)7-2-8/h3H,1,6H2,(H,10,11). The fourth-order valence-electron chi connectivity index (χ4n) is 0.372. The van der Waals surface area contributed by atoms with Crippen LogP contribution in [0.25, 0.3) is 0 Å². The minimum atomic E-state index is -1.31. The summed E-state index contributed by atoms with van der Waals surface area (Å²) in [4.78, 5) is 32.5. The van der Waals surface area contributed by atoms with E-state index in [-0.39, 0.29) is 0 Å². The van der Waals surface area contributed by atoms with Gasteiger partial charge in [0.05, 0.1) is 6.42 Å². The number of nitrogens with two attached hydrogens (primary N) is 1. The molecule has 0 aliphatic carbocycles. The molecule has 0 bridgehead atoms. The second-order valence-corrected chi connectivity index (χ2v) is 1.75. The number of carboxylic acids is 1. The van der Waals surface area contributed by atoms with Crippen molar-refractivity contribution in [2.75, 3.05) is 0 Å². The van der Waals surface area contributed by atoms with E-state index in [4.69, 9.17) is 10.8 Å². The summed E-state index contributed by atoms with van der Waals surface area (Å²) in [5, 5.41) is 8.18. The van der Waals surface area contributed by atoms with Crippen molar-refractivity contribution in [2.24, 2.45) is 10.7 Å². The number of carboxylic acid groups (broad SMARTS) is 1. The first-order chi connectivity index (χ1) is 5.07. The summed E-state index contributed by atoms with van der Waals surface area (Å²) in [6, 6.07) is -1.31. The number of aliphatic imine (C=N–C) groups is 1. The molecule has 0 rings (SSSR count). The van der Waals surface area contributed by atoms with Crippen LogP contribution in [-0.4, -0.2) is 29.1 Å². The van der Waals surface area contributed by atoms with Crippen molar-refractivity contribution in [3.05, 3.63) is 0 Å². The Kier molecular flexibility index (Phi) is 3.72. The minimum absolute atomic E-state index is 0.482. The van der Waals surface area contributed by atoms with Gasteiger partial charge in [-0.3, -0.25) is 9.59 Å². The van der Waals surface area contributed by atoms with Crippen molar-refractivity contribution in [2.45, 2.75) is 12.5 Å². The molecule has 0 saturated carbocycles. The van der Waals surface area contributed by atoms with Gasteiger partial charge in [0.25, 0.3) is 5.91 Å². The van der Waals surface area contributed by atoms with Crippen LogP contribution in [0.15, 0.2) is 4.99 Å². The number of carbonyl (C=O) groups excluding carboxylic acids is 2. The monoisotopic (exact) mass is 158 g/mol. The van der Waals surface area contributed by atoms with Crippen molar-refractivity contribution < 1.29 is 19.5 Å². The zero-order valence-corrected chi connectivity index (χ0v) is 5.48. The lowest BCUT2D eigenvalue weighted by Gasteiger charge is -1.99. The summed E-state index contributed by atoms with van der Waals surface area (Å²) in [5.74, 6) is -2.19. The fourth-order valence-corrected chi connectivity index (χ4v) is 0.372. The molecule has 60 valence electrons. The predicted molar refractivity (Wildman–Crippen MR) is 33.4 cm³/mol.